The Morgan fingerprint density at radius 1 is 0.846 bits per heavy atom. The summed E-state index contributed by atoms with van der Waals surface area (Å²) in [4.78, 5) is 64.1. The molecule has 1 heterocycles. The van der Waals surface area contributed by atoms with Gasteiger partial charge in [-0.15, -0.1) is 0 Å². The number of Topliss-reactive ketones (excluding diaryl/α,β-unsaturated/α-hetero) is 1. The molecule has 196 valence electrons. The quantitative estimate of drug-likeness (QED) is 0.0974. The first-order chi connectivity index (χ1) is 18.6. The van der Waals surface area contributed by atoms with Crippen LogP contribution in [0.3, 0.4) is 0 Å². The van der Waals surface area contributed by atoms with E-state index >= 15 is 0 Å². The van der Waals surface area contributed by atoms with E-state index in [1.54, 1.807) is 0 Å². The van der Waals surface area contributed by atoms with Crippen molar-refractivity contribution < 1.29 is 28.8 Å². The first-order valence-electron chi connectivity index (χ1n) is 12.0. The predicted octanol–water partition coefficient (Wildman–Crippen LogP) is 4.23. The molecule has 0 spiro atoms. The summed E-state index contributed by atoms with van der Waals surface area (Å²) in [6.07, 6.45) is 0. The molecule has 3 aromatic rings. The Kier molecular flexibility index (Phi) is 5.85. The number of hydrogen-bond acceptors (Lipinski definition) is 7. The van der Waals surface area contributed by atoms with Crippen LogP contribution in [-0.2, 0) is 27.8 Å². The molecular formula is C28H18Br2N2O7. The van der Waals surface area contributed by atoms with Gasteiger partial charge in [-0.25, -0.2) is 0 Å². The minimum absolute atomic E-state index is 0.00547. The summed E-state index contributed by atoms with van der Waals surface area (Å²) >= 11 is 7.77. The lowest BCUT2D eigenvalue weighted by Gasteiger charge is -2.55. The van der Waals surface area contributed by atoms with Gasteiger partial charge in [-0.3, -0.25) is 34.2 Å². The summed E-state index contributed by atoms with van der Waals surface area (Å²) in [5, 5.41) is 11.0. The maximum absolute atomic E-state index is 13.8. The number of nitro groups is 1. The van der Waals surface area contributed by atoms with E-state index in [1.165, 1.54) is 18.2 Å². The van der Waals surface area contributed by atoms with E-state index < -0.39 is 62.1 Å². The van der Waals surface area contributed by atoms with Crippen LogP contribution in [-0.4, -0.2) is 46.5 Å². The monoisotopic (exact) mass is 652 g/mol. The van der Waals surface area contributed by atoms with E-state index in [9.17, 15) is 29.3 Å². The number of likely N-dealkylation sites (tertiary alicyclic amines) is 1. The molecule has 39 heavy (non-hydrogen) atoms. The average molecular weight is 654 g/mol. The van der Waals surface area contributed by atoms with E-state index in [0.29, 0.717) is 0 Å². The number of amides is 2. The van der Waals surface area contributed by atoms with E-state index in [1.807, 2.05) is 48.5 Å². The smallest absolute Gasteiger partial charge is 0.326 e. The molecule has 1 aliphatic heterocycles. The van der Waals surface area contributed by atoms with Crippen molar-refractivity contribution in [1.29, 1.82) is 0 Å². The summed E-state index contributed by atoms with van der Waals surface area (Å²) in [5.74, 6) is -4.28. The molecule has 0 saturated carbocycles. The molecule has 1 saturated heterocycles. The number of non-ortho nitro benzene ring substituents is 1. The number of carbonyl (C=O) groups excluding carboxylic acids is 4. The topological polar surface area (TPSA) is 124 Å². The minimum atomic E-state index is -0.982. The summed E-state index contributed by atoms with van der Waals surface area (Å²) < 4.78 is 3.12. The van der Waals surface area contributed by atoms with Gasteiger partial charge in [0.25, 0.3) is 5.69 Å². The second kappa shape index (κ2) is 8.92. The van der Waals surface area contributed by atoms with Gasteiger partial charge in [-0.05, 0) is 22.3 Å². The Hall–Kier alpha value is -3.70. The molecule has 9 nitrogen and oxygen atoms in total. The van der Waals surface area contributed by atoms with Crippen molar-refractivity contribution in [2.24, 2.45) is 11.8 Å². The van der Waals surface area contributed by atoms with Crippen LogP contribution in [0.5, 0.6) is 0 Å². The molecule has 0 radical (unpaired) electrons. The molecule has 3 aromatic carbocycles. The van der Waals surface area contributed by atoms with Gasteiger partial charge in [0.05, 0.1) is 25.4 Å². The highest BCUT2D eigenvalue weighted by molar-refractivity contribution is 9.10. The molecule has 2 atom stereocenters. The first kappa shape index (κ1) is 25.6. The third kappa shape index (κ3) is 3.49. The van der Waals surface area contributed by atoms with Gasteiger partial charge in [0.2, 0.25) is 17.6 Å². The highest BCUT2D eigenvalue weighted by Crippen LogP contribution is 2.70. The average Bonchev–Trinajstić information content (AvgIpc) is 3.20. The third-order valence-corrected chi connectivity index (χ3v) is 10.4. The fourth-order valence-corrected chi connectivity index (χ4v) is 8.38. The molecule has 0 aromatic heterocycles. The molecular weight excluding hydrogens is 636 g/mol. The molecule has 7 rings (SSSR count). The lowest BCUT2D eigenvalue weighted by molar-refractivity contribution is -0.384. The minimum Gasteiger partial charge on any atom is -0.456 e. The van der Waals surface area contributed by atoms with Crippen molar-refractivity contribution in [2.75, 3.05) is 13.2 Å². The zero-order chi connectivity index (χ0) is 27.7. The van der Waals surface area contributed by atoms with Gasteiger partial charge in [0.1, 0.15) is 6.54 Å². The summed E-state index contributed by atoms with van der Waals surface area (Å²) in [6.45, 7) is -1.35. The number of halogens is 2. The highest BCUT2D eigenvalue weighted by Gasteiger charge is 2.72. The number of alkyl halides is 2. The predicted molar refractivity (Wildman–Crippen MR) is 144 cm³/mol. The zero-order valence-electron chi connectivity index (χ0n) is 20.0. The molecule has 2 bridgehead atoms. The van der Waals surface area contributed by atoms with Crippen LogP contribution in [0.15, 0.2) is 72.8 Å². The number of esters is 1. The second-order valence-corrected chi connectivity index (χ2v) is 12.1. The fourth-order valence-electron chi connectivity index (χ4n) is 6.08. The van der Waals surface area contributed by atoms with Crippen LogP contribution in [0.2, 0.25) is 0 Å². The first-order valence-corrected chi connectivity index (χ1v) is 13.5. The van der Waals surface area contributed by atoms with Crippen molar-refractivity contribution in [2.45, 2.75) is 8.65 Å². The van der Waals surface area contributed by atoms with Crippen molar-refractivity contribution >= 4 is 61.1 Å². The summed E-state index contributed by atoms with van der Waals surface area (Å²) in [6, 6.07) is 20.3. The SMILES string of the molecule is O=C(CN1C(=O)[C@@H]2[C@H](C1=O)C1(Br)c3ccccc3C2(Br)c2ccccc21)OCC(=O)c1cccc([N+](=O)[O-])c1. The standard InChI is InChI=1S/C28H18Br2N2O7/c29-27-17-8-1-2-9-18(17)28(30,20-11-4-3-10-19(20)27)24-23(27)25(35)31(26(24)36)13-22(34)39-14-21(33)15-6-5-7-16(12-15)32(37)38/h1-12,23-24H,13-14H2/t23-,24+,27?,28?. The van der Waals surface area contributed by atoms with Crippen LogP contribution in [0.25, 0.3) is 0 Å². The van der Waals surface area contributed by atoms with Crippen molar-refractivity contribution in [3.8, 4) is 0 Å². The van der Waals surface area contributed by atoms with Gasteiger partial charge >= 0.3 is 5.97 Å². The van der Waals surface area contributed by atoms with Gasteiger partial charge in [0, 0.05) is 17.7 Å². The number of carbonyl (C=O) groups is 4. The molecule has 1 fully saturated rings. The number of nitro benzene ring substituents is 1. The van der Waals surface area contributed by atoms with Crippen LogP contribution >= 0.6 is 31.9 Å². The Bertz CT molecular complexity index is 1500. The lowest BCUT2D eigenvalue weighted by Crippen LogP contribution is -2.56. The van der Waals surface area contributed by atoms with E-state index in [2.05, 4.69) is 31.9 Å². The number of ketones is 1. The number of imide groups is 1. The van der Waals surface area contributed by atoms with E-state index in [0.717, 1.165) is 33.2 Å². The summed E-state index contributed by atoms with van der Waals surface area (Å²) in [7, 11) is 0. The van der Waals surface area contributed by atoms with E-state index in [4.69, 9.17) is 4.74 Å². The lowest BCUT2D eigenvalue weighted by atomic mass is 9.54. The zero-order valence-corrected chi connectivity index (χ0v) is 23.2. The van der Waals surface area contributed by atoms with Gasteiger partial charge in [-0.2, -0.15) is 0 Å². The van der Waals surface area contributed by atoms with Gasteiger partial charge < -0.3 is 4.74 Å². The van der Waals surface area contributed by atoms with E-state index in [-0.39, 0.29) is 11.3 Å². The maximum atomic E-state index is 13.8. The normalized spacial score (nSPS) is 26.1. The second-order valence-electron chi connectivity index (χ2n) is 9.62. The van der Waals surface area contributed by atoms with Crippen molar-refractivity contribution in [3.63, 3.8) is 0 Å². The molecule has 2 amide bonds. The van der Waals surface area contributed by atoms with Crippen LogP contribution in [0.4, 0.5) is 5.69 Å². The number of ether oxygens (including phenoxy) is 1. The Labute approximate surface area is 238 Å². The number of benzene rings is 3. The number of rotatable bonds is 6. The Balaban J connectivity index is 1.27. The van der Waals surface area contributed by atoms with Crippen LogP contribution in [0.1, 0.15) is 32.6 Å². The molecule has 4 aliphatic rings. The summed E-state index contributed by atoms with van der Waals surface area (Å²) in [5.41, 5.74) is 3.22. The Morgan fingerprint density at radius 2 is 1.33 bits per heavy atom. The third-order valence-electron chi connectivity index (χ3n) is 7.71. The largest absolute Gasteiger partial charge is 0.456 e. The molecule has 0 N–H and O–H groups in total. The van der Waals surface area contributed by atoms with Crippen LogP contribution in [0, 0.1) is 22.0 Å². The molecule has 0 unspecified atom stereocenters. The Morgan fingerprint density at radius 3 is 1.79 bits per heavy atom. The number of hydrogen-bond donors (Lipinski definition) is 0. The van der Waals surface area contributed by atoms with Gasteiger partial charge in [-0.1, -0.05) is 92.5 Å². The maximum Gasteiger partial charge on any atom is 0.326 e. The molecule has 11 heteroatoms. The van der Waals surface area contributed by atoms with Crippen molar-refractivity contribution in [1.82, 2.24) is 4.90 Å². The highest BCUT2D eigenvalue weighted by atomic mass is 79.9. The van der Waals surface area contributed by atoms with Gasteiger partial charge in [0.15, 0.2) is 6.61 Å². The van der Waals surface area contributed by atoms with Crippen molar-refractivity contribution in [3.05, 3.63) is 111 Å². The number of nitrogens with zero attached hydrogens (tertiary/aromatic N) is 2. The van der Waals surface area contributed by atoms with Crippen LogP contribution < -0.4 is 0 Å². The molecule has 3 aliphatic carbocycles. The fraction of sp³-hybridized carbons (Fsp3) is 0.214.